The van der Waals surface area contributed by atoms with Crippen LogP contribution in [-0.4, -0.2) is 67.1 Å². The fraction of sp³-hybridized carbons (Fsp3) is 1.00. The molecule has 86 valence electrons. The summed E-state index contributed by atoms with van der Waals surface area (Å²) in [6.45, 7) is 3.79. The van der Waals surface area contributed by atoms with E-state index in [1.54, 1.807) is 0 Å². The molecule has 6 nitrogen and oxygen atoms in total. The third kappa shape index (κ3) is 8.39. The van der Waals surface area contributed by atoms with Crippen molar-refractivity contribution in [2.75, 3.05) is 39.0 Å². The van der Waals surface area contributed by atoms with Gasteiger partial charge in [0.15, 0.2) is 0 Å². The van der Waals surface area contributed by atoms with Crippen molar-refractivity contribution < 1.29 is 18.2 Å². The number of hydrogen-bond donors (Lipinski definition) is 2. The second-order valence-corrected chi connectivity index (χ2v) is 4.71. The largest absolute Gasteiger partial charge is 0.314 e. The number of likely N-dealkylation sites (N-methyl/N-ethyl adjacent to an activating group) is 1. The van der Waals surface area contributed by atoms with E-state index in [9.17, 15) is 13.6 Å². The Kier molecular flexibility index (Phi) is 6.21. The van der Waals surface area contributed by atoms with Gasteiger partial charge in [0.2, 0.25) is 0 Å². The van der Waals surface area contributed by atoms with Crippen molar-refractivity contribution in [2.45, 2.75) is 6.92 Å². The van der Waals surface area contributed by atoms with Crippen molar-refractivity contribution >= 4 is 10.1 Å². The van der Waals surface area contributed by atoms with Gasteiger partial charge in [-0.3, -0.25) is 4.55 Å². The standard InChI is InChI=1S/C7H18N2O4S/c1-3-8(2)4-5-9(10)6-7-14(11,12)13/h10H,3-7H2,1-2H3,(H,11,12,13). The molecule has 14 heavy (non-hydrogen) atoms. The van der Waals surface area contributed by atoms with E-state index in [2.05, 4.69) is 0 Å². The SMILES string of the molecule is CCN(C)CCN(O)CCS(=O)(=O)O. The molecule has 0 amide bonds. The predicted molar refractivity (Wildman–Crippen MR) is 52.9 cm³/mol. The van der Waals surface area contributed by atoms with Crippen molar-refractivity contribution in [3.05, 3.63) is 0 Å². The Hall–Kier alpha value is -0.210. The molecule has 0 heterocycles. The molecule has 0 aliphatic rings. The van der Waals surface area contributed by atoms with E-state index < -0.39 is 15.9 Å². The zero-order valence-electron chi connectivity index (χ0n) is 8.55. The van der Waals surface area contributed by atoms with Crippen LogP contribution in [0, 0.1) is 0 Å². The van der Waals surface area contributed by atoms with Gasteiger partial charge in [-0.25, -0.2) is 0 Å². The van der Waals surface area contributed by atoms with Gasteiger partial charge < -0.3 is 10.1 Å². The predicted octanol–water partition coefficient (Wildman–Crippen LogP) is -0.483. The summed E-state index contributed by atoms with van der Waals surface area (Å²) in [7, 11) is -2.08. The highest BCUT2D eigenvalue weighted by Gasteiger charge is 2.08. The van der Waals surface area contributed by atoms with Gasteiger partial charge in [-0.2, -0.15) is 13.5 Å². The molecule has 2 N–H and O–H groups in total. The molecule has 0 saturated carbocycles. The molecule has 0 aliphatic heterocycles. The normalized spacial score (nSPS) is 12.7. The van der Waals surface area contributed by atoms with Gasteiger partial charge in [0.1, 0.15) is 0 Å². The lowest BCUT2D eigenvalue weighted by molar-refractivity contribution is -0.0886. The van der Waals surface area contributed by atoms with Crippen molar-refractivity contribution in [3.8, 4) is 0 Å². The number of hydroxylamine groups is 2. The molecule has 0 fully saturated rings. The summed E-state index contributed by atoms with van der Waals surface area (Å²) in [5.74, 6) is -0.445. The summed E-state index contributed by atoms with van der Waals surface area (Å²) >= 11 is 0. The zero-order valence-corrected chi connectivity index (χ0v) is 9.37. The van der Waals surface area contributed by atoms with Crippen LogP contribution >= 0.6 is 0 Å². The molecule has 0 radical (unpaired) electrons. The highest BCUT2D eigenvalue weighted by molar-refractivity contribution is 7.85. The van der Waals surface area contributed by atoms with Crippen LogP contribution in [-0.2, 0) is 10.1 Å². The number of nitrogens with zero attached hydrogens (tertiary/aromatic N) is 2. The van der Waals surface area contributed by atoms with E-state index in [0.717, 1.165) is 11.6 Å². The minimum absolute atomic E-state index is 0.0730. The van der Waals surface area contributed by atoms with Crippen LogP contribution in [0.4, 0.5) is 0 Å². The molecule has 0 bridgehead atoms. The average Bonchev–Trinajstić information content (AvgIpc) is 2.09. The summed E-state index contributed by atoms with van der Waals surface area (Å²) in [6.07, 6.45) is 0. The second-order valence-electron chi connectivity index (χ2n) is 3.14. The molecule has 0 aromatic rings. The summed E-state index contributed by atoms with van der Waals surface area (Å²) in [4.78, 5) is 1.98. The van der Waals surface area contributed by atoms with Crippen LogP contribution in [0.3, 0.4) is 0 Å². The summed E-state index contributed by atoms with van der Waals surface area (Å²) in [5.41, 5.74) is 0. The van der Waals surface area contributed by atoms with Crippen LogP contribution < -0.4 is 0 Å². The first-order valence-corrected chi connectivity index (χ1v) is 6.03. The minimum atomic E-state index is -3.98. The third-order valence-electron chi connectivity index (χ3n) is 1.89. The monoisotopic (exact) mass is 226 g/mol. The third-order valence-corrected chi connectivity index (χ3v) is 2.59. The molecule has 0 aromatic heterocycles. The van der Waals surface area contributed by atoms with Crippen LogP contribution in [0.1, 0.15) is 6.92 Å². The van der Waals surface area contributed by atoms with E-state index >= 15 is 0 Å². The Labute approximate surface area is 84.8 Å². The minimum Gasteiger partial charge on any atom is -0.314 e. The highest BCUT2D eigenvalue weighted by atomic mass is 32.2. The van der Waals surface area contributed by atoms with E-state index in [1.807, 2.05) is 18.9 Å². The quantitative estimate of drug-likeness (QED) is 0.450. The van der Waals surface area contributed by atoms with E-state index in [-0.39, 0.29) is 6.54 Å². The molecule has 0 aromatic carbocycles. The van der Waals surface area contributed by atoms with E-state index in [0.29, 0.717) is 13.1 Å². The van der Waals surface area contributed by atoms with Gasteiger partial charge in [0.05, 0.1) is 5.75 Å². The number of hydrogen-bond acceptors (Lipinski definition) is 5. The molecule has 0 saturated heterocycles. The van der Waals surface area contributed by atoms with Crippen LogP contribution in [0.15, 0.2) is 0 Å². The summed E-state index contributed by atoms with van der Waals surface area (Å²) < 4.78 is 29.1. The van der Waals surface area contributed by atoms with Gasteiger partial charge >= 0.3 is 0 Å². The van der Waals surface area contributed by atoms with Gasteiger partial charge in [0, 0.05) is 19.6 Å². The van der Waals surface area contributed by atoms with Gasteiger partial charge in [-0.1, -0.05) is 6.92 Å². The lowest BCUT2D eigenvalue weighted by Crippen LogP contribution is -2.33. The van der Waals surface area contributed by atoms with E-state index in [1.165, 1.54) is 0 Å². The van der Waals surface area contributed by atoms with Crippen molar-refractivity contribution in [3.63, 3.8) is 0 Å². The number of rotatable bonds is 7. The van der Waals surface area contributed by atoms with Gasteiger partial charge in [-0.05, 0) is 13.6 Å². The zero-order chi connectivity index (χ0) is 11.2. The fourth-order valence-corrected chi connectivity index (χ4v) is 1.22. The van der Waals surface area contributed by atoms with Gasteiger partial charge in [0.25, 0.3) is 10.1 Å². The lowest BCUT2D eigenvalue weighted by Gasteiger charge is -2.18. The lowest BCUT2D eigenvalue weighted by atomic mass is 10.5. The smallest absolute Gasteiger partial charge is 0.266 e. The molecule has 0 aliphatic carbocycles. The second kappa shape index (κ2) is 6.31. The molecular formula is C7H18N2O4S. The molecule has 0 atom stereocenters. The Morgan fingerprint density at radius 1 is 1.21 bits per heavy atom. The maximum atomic E-state index is 10.3. The summed E-state index contributed by atoms with van der Waals surface area (Å²) in [5, 5.41) is 10.1. The Morgan fingerprint density at radius 3 is 2.21 bits per heavy atom. The average molecular weight is 226 g/mol. The van der Waals surface area contributed by atoms with Crippen LogP contribution in [0.25, 0.3) is 0 Å². The first-order valence-electron chi connectivity index (χ1n) is 4.42. The van der Waals surface area contributed by atoms with Crippen molar-refractivity contribution in [1.29, 1.82) is 0 Å². The van der Waals surface area contributed by atoms with Crippen molar-refractivity contribution in [1.82, 2.24) is 9.96 Å². The van der Waals surface area contributed by atoms with Crippen molar-refractivity contribution in [2.24, 2.45) is 0 Å². The Morgan fingerprint density at radius 2 is 1.79 bits per heavy atom. The molecule has 0 rings (SSSR count). The van der Waals surface area contributed by atoms with Crippen LogP contribution in [0.5, 0.6) is 0 Å². The van der Waals surface area contributed by atoms with Gasteiger partial charge in [-0.15, -0.1) is 0 Å². The first-order chi connectivity index (χ1) is 6.35. The molecule has 7 heteroatoms. The van der Waals surface area contributed by atoms with Crippen LogP contribution in [0.2, 0.25) is 0 Å². The molecule has 0 unspecified atom stereocenters. The summed E-state index contributed by atoms with van der Waals surface area (Å²) in [6, 6.07) is 0. The fourth-order valence-electron chi connectivity index (χ4n) is 0.777. The van der Waals surface area contributed by atoms with E-state index in [4.69, 9.17) is 4.55 Å². The maximum Gasteiger partial charge on any atom is 0.266 e. The molecule has 0 spiro atoms. The molecular weight excluding hydrogens is 208 g/mol. The topological polar surface area (TPSA) is 81.1 Å². The highest BCUT2D eigenvalue weighted by Crippen LogP contribution is 1.88. The Bertz CT molecular complexity index is 242. The maximum absolute atomic E-state index is 10.3. The first kappa shape index (κ1) is 13.8. The Balaban J connectivity index is 3.61.